The largest absolute Gasteiger partial charge is 0.460 e. The molecule has 224 valence electrons. The first-order valence-electron chi connectivity index (χ1n) is 13.2. The van der Waals surface area contributed by atoms with Gasteiger partial charge in [-0.05, 0) is 59.5 Å². The first-order chi connectivity index (χ1) is 20.4. The van der Waals surface area contributed by atoms with Crippen LogP contribution in [0.2, 0.25) is 0 Å². The van der Waals surface area contributed by atoms with Gasteiger partial charge in [-0.2, -0.15) is 11.3 Å². The highest BCUT2D eigenvalue weighted by Crippen LogP contribution is 2.53. The topological polar surface area (TPSA) is 171 Å². The summed E-state index contributed by atoms with van der Waals surface area (Å²) in [5.74, 6) is -4.41. The number of fused-ring (bicyclic) bond motifs is 1. The number of benzene rings is 2. The molecule has 2 amide bonds. The number of thioether (sulfide) groups is 1. The maximum atomic E-state index is 13.6. The SMILES string of the molecule is CC1(C)S[C@H]2N(C(=O)[C@@]2(N)NC(=O)C(C(=O)OCc2ccc([N+](=O)[O-])cc2)c2ccsc2)[C@H]1C(=O)OCc1ccccc1. The van der Waals surface area contributed by atoms with Crippen LogP contribution in [-0.2, 0) is 41.9 Å². The van der Waals surface area contributed by atoms with E-state index in [1.807, 2.05) is 30.3 Å². The maximum absolute atomic E-state index is 13.6. The quantitative estimate of drug-likeness (QED) is 0.0853. The summed E-state index contributed by atoms with van der Waals surface area (Å²) < 4.78 is 10.1. The number of hydrogen-bond donors (Lipinski definition) is 2. The first-order valence-corrected chi connectivity index (χ1v) is 15.0. The van der Waals surface area contributed by atoms with Gasteiger partial charge in [-0.3, -0.25) is 30.2 Å². The van der Waals surface area contributed by atoms with Gasteiger partial charge in [0.05, 0.1) is 4.92 Å². The molecular formula is C29H28N4O8S2. The molecule has 14 heteroatoms. The molecule has 3 heterocycles. The summed E-state index contributed by atoms with van der Waals surface area (Å²) in [7, 11) is 0. The van der Waals surface area contributed by atoms with E-state index in [9.17, 15) is 29.3 Å². The van der Waals surface area contributed by atoms with Crippen molar-refractivity contribution in [1.82, 2.24) is 10.2 Å². The molecule has 2 fully saturated rings. The number of nitrogens with one attached hydrogen (secondary N) is 1. The third kappa shape index (κ3) is 5.85. The second-order valence-electron chi connectivity index (χ2n) is 10.7. The molecule has 0 bridgehead atoms. The number of nitrogens with two attached hydrogens (primary N) is 1. The summed E-state index contributed by atoms with van der Waals surface area (Å²) in [4.78, 5) is 65.0. The Morgan fingerprint density at radius 3 is 2.33 bits per heavy atom. The van der Waals surface area contributed by atoms with Crippen molar-refractivity contribution in [3.05, 3.63) is 98.2 Å². The highest BCUT2D eigenvalue weighted by atomic mass is 32.2. The fourth-order valence-corrected chi connectivity index (χ4v) is 7.33. The van der Waals surface area contributed by atoms with Gasteiger partial charge in [0.2, 0.25) is 5.91 Å². The van der Waals surface area contributed by atoms with Gasteiger partial charge in [-0.15, -0.1) is 11.8 Å². The van der Waals surface area contributed by atoms with E-state index in [1.165, 1.54) is 52.3 Å². The number of rotatable bonds is 10. The number of thiophene rings is 1. The van der Waals surface area contributed by atoms with Crippen LogP contribution in [0.5, 0.6) is 0 Å². The Labute approximate surface area is 254 Å². The van der Waals surface area contributed by atoms with Crippen LogP contribution in [-0.4, -0.2) is 55.4 Å². The van der Waals surface area contributed by atoms with Gasteiger partial charge in [0.1, 0.15) is 24.6 Å². The molecule has 1 aromatic heterocycles. The Morgan fingerprint density at radius 1 is 1.05 bits per heavy atom. The van der Waals surface area contributed by atoms with Crippen LogP contribution < -0.4 is 11.1 Å². The molecule has 2 aliphatic heterocycles. The molecule has 12 nitrogen and oxygen atoms in total. The highest BCUT2D eigenvalue weighted by Gasteiger charge is 2.71. The van der Waals surface area contributed by atoms with Gasteiger partial charge in [-0.1, -0.05) is 30.3 Å². The number of nitro benzene ring substituents is 1. The van der Waals surface area contributed by atoms with E-state index in [-0.39, 0.29) is 18.9 Å². The minimum atomic E-state index is -1.87. The standard InChI is InChI=1S/C29H28N4O8S2/c1-28(2)22(25(36)41-14-17-6-4-3-5-7-17)32-26(37)29(30,27(32)43-28)31-23(34)21(19-12-13-42-16-19)24(35)40-15-18-8-10-20(11-9-18)33(38)39/h3-13,16,21-22,27H,14-15,30H2,1-2H3,(H,31,34)/t21?,22-,27+,29+/m0/s1. The number of carbonyl (C=O) groups is 4. The molecule has 0 aliphatic carbocycles. The van der Waals surface area contributed by atoms with E-state index in [1.54, 1.807) is 30.7 Å². The number of ether oxygens (including phenoxy) is 2. The molecule has 3 aromatic rings. The van der Waals surface area contributed by atoms with Crippen LogP contribution in [0.4, 0.5) is 5.69 Å². The predicted molar refractivity (Wildman–Crippen MR) is 157 cm³/mol. The number of nitrogens with zero attached hydrogens (tertiary/aromatic N) is 2. The lowest BCUT2D eigenvalue weighted by molar-refractivity contribution is -0.384. The van der Waals surface area contributed by atoms with Gasteiger partial charge in [0, 0.05) is 16.9 Å². The molecule has 2 aromatic carbocycles. The number of nitro groups is 1. The zero-order valence-corrected chi connectivity index (χ0v) is 24.8. The van der Waals surface area contributed by atoms with E-state index in [0.717, 1.165) is 5.56 Å². The third-order valence-electron chi connectivity index (χ3n) is 7.26. The number of β-lactam (4-membered cyclic amide) rings is 1. The second kappa shape index (κ2) is 11.8. The van der Waals surface area contributed by atoms with E-state index in [2.05, 4.69) is 5.32 Å². The smallest absolute Gasteiger partial charge is 0.330 e. The number of amides is 2. The van der Waals surface area contributed by atoms with Crippen molar-refractivity contribution in [1.29, 1.82) is 0 Å². The van der Waals surface area contributed by atoms with E-state index in [4.69, 9.17) is 15.2 Å². The molecule has 1 unspecified atom stereocenters. The van der Waals surface area contributed by atoms with Gasteiger partial charge in [0.25, 0.3) is 11.6 Å². The molecule has 2 aliphatic rings. The third-order valence-corrected chi connectivity index (χ3v) is 9.62. The van der Waals surface area contributed by atoms with Crippen LogP contribution in [0, 0.1) is 10.1 Å². The lowest BCUT2D eigenvalue weighted by atomic mass is 9.91. The molecular weight excluding hydrogens is 596 g/mol. The number of esters is 2. The minimum Gasteiger partial charge on any atom is -0.460 e. The highest BCUT2D eigenvalue weighted by molar-refractivity contribution is 8.01. The zero-order chi connectivity index (χ0) is 30.9. The summed E-state index contributed by atoms with van der Waals surface area (Å²) in [6.45, 7) is 3.40. The van der Waals surface area contributed by atoms with Crippen LogP contribution in [0.25, 0.3) is 0 Å². The minimum absolute atomic E-state index is 0.0401. The summed E-state index contributed by atoms with van der Waals surface area (Å²) in [6.07, 6.45) is 0. The van der Waals surface area contributed by atoms with E-state index < -0.39 is 56.4 Å². The number of hydrogen-bond acceptors (Lipinski definition) is 11. The molecule has 0 radical (unpaired) electrons. The van der Waals surface area contributed by atoms with E-state index in [0.29, 0.717) is 11.1 Å². The van der Waals surface area contributed by atoms with Crippen molar-refractivity contribution < 1.29 is 33.6 Å². The monoisotopic (exact) mass is 624 g/mol. The zero-order valence-electron chi connectivity index (χ0n) is 23.1. The molecule has 0 saturated carbocycles. The predicted octanol–water partition coefficient (Wildman–Crippen LogP) is 3.06. The number of carbonyl (C=O) groups excluding carboxylic acids is 4. The summed E-state index contributed by atoms with van der Waals surface area (Å²) in [5.41, 5.74) is 6.12. The molecule has 4 atom stereocenters. The fourth-order valence-electron chi connectivity index (χ4n) is 5.05. The van der Waals surface area contributed by atoms with Crippen molar-refractivity contribution in [2.24, 2.45) is 5.73 Å². The molecule has 3 N–H and O–H groups in total. The second-order valence-corrected chi connectivity index (χ2v) is 13.2. The van der Waals surface area contributed by atoms with Crippen LogP contribution >= 0.6 is 23.1 Å². The maximum Gasteiger partial charge on any atom is 0.330 e. The first kappa shape index (κ1) is 30.2. The lowest BCUT2D eigenvalue weighted by Gasteiger charge is -2.51. The van der Waals surface area contributed by atoms with Crippen molar-refractivity contribution in [2.75, 3.05) is 0 Å². The van der Waals surface area contributed by atoms with Crippen molar-refractivity contribution in [3.63, 3.8) is 0 Å². The number of non-ortho nitro benzene ring substituents is 1. The normalized spacial score (nSPS) is 22.6. The van der Waals surface area contributed by atoms with Crippen molar-refractivity contribution in [2.45, 2.75) is 54.8 Å². The average molecular weight is 625 g/mol. The van der Waals surface area contributed by atoms with Crippen molar-refractivity contribution in [3.8, 4) is 0 Å². The Hall–Kier alpha value is -4.27. The van der Waals surface area contributed by atoms with Crippen LogP contribution in [0.3, 0.4) is 0 Å². The van der Waals surface area contributed by atoms with Gasteiger partial charge in [0.15, 0.2) is 11.6 Å². The summed E-state index contributed by atoms with van der Waals surface area (Å²) in [5, 5.41) is 16.0. The summed E-state index contributed by atoms with van der Waals surface area (Å²) in [6, 6.07) is 15.3. The summed E-state index contributed by atoms with van der Waals surface area (Å²) >= 11 is 2.53. The Balaban J connectivity index is 1.28. The Morgan fingerprint density at radius 2 is 1.70 bits per heavy atom. The molecule has 43 heavy (non-hydrogen) atoms. The Bertz CT molecular complexity index is 1550. The Kier molecular flexibility index (Phi) is 8.27. The average Bonchev–Trinajstić information content (AvgIpc) is 3.60. The van der Waals surface area contributed by atoms with Gasteiger partial charge < -0.3 is 19.7 Å². The molecule has 2 saturated heterocycles. The lowest BCUT2D eigenvalue weighted by Crippen LogP contribution is -2.84. The van der Waals surface area contributed by atoms with Crippen LogP contribution in [0.1, 0.15) is 36.5 Å². The van der Waals surface area contributed by atoms with Crippen LogP contribution in [0.15, 0.2) is 71.4 Å². The molecule has 5 rings (SSSR count). The van der Waals surface area contributed by atoms with Gasteiger partial charge >= 0.3 is 11.9 Å². The fraction of sp³-hybridized carbons (Fsp3) is 0.310. The van der Waals surface area contributed by atoms with Crippen molar-refractivity contribution >= 4 is 52.5 Å². The molecule has 0 spiro atoms. The van der Waals surface area contributed by atoms with Gasteiger partial charge in [-0.25, -0.2) is 4.79 Å². The van der Waals surface area contributed by atoms with E-state index >= 15 is 0 Å².